The second-order valence-corrected chi connectivity index (χ2v) is 3.63. The molecule has 0 radical (unpaired) electrons. The van der Waals surface area contributed by atoms with Gasteiger partial charge in [0.25, 0.3) is 0 Å². The average molecular weight is 174 g/mol. The number of nitrogens with zero attached hydrogens (tertiary/aromatic N) is 1. The van der Waals surface area contributed by atoms with Crippen LogP contribution in [0.1, 0.15) is 19.8 Å². The lowest BCUT2D eigenvalue weighted by Crippen LogP contribution is -2.34. The molecule has 64 valence electrons. The van der Waals surface area contributed by atoms with Crippen molar-refractivity contribution in [2.45, 2.75) is 25.8 Å². The zero-order valence-electron chi connectivity index (χ0n) is 6.84. The molecule has 11 heavy (non-hydrogen) atoms. The minimum Gasteiger partial charge on any atom is -0.355 e. The van der Waals surface area contributed by atoms with Gasteiger partial charge < -0.3 is 5.32 Å². The van der Waals surface area contributed by atoms with E-state index in [1.54, 1.807) is 6.92 Å². The van der Waals surface area contributed by atoms with Gasteiger partial charge in [-0.05, 0) is 12.8 Å². The van der Waals surface area contributed by atoms with Crippen LogP contribution in [0.2, 0.25) is 0 Å². The number of carbonyl (C=O) groups is 1. The van der Waals surface area contributed by atoms with Crippen LogP contribution in [0.15, 0.2) is 0 Å². The van der Waals surface area contributed by atoms with Crippen molar-refractivity contribution in [2.24, 2.45) is 0 Å². The Labute approximate surface area is 69.8 Å². The molecule has 1 aliphatic rings. The van der Waals surface area contributed by atoms with Crippen molar-refractivity contribution in [1.29, 1.82) is 0 Å². The smallest absolute Gasteiger partial charge is 0.216 e. The molecule has 1 rings (SSSR count). The molecule has 0 saturated carbocycles. The van der Waals surface area contributed by atoms with Crippen molar-refractivity contribution in [3.8, 4) is 0 Å². The van der Waals surface area contributed by atoms with E-state index in [-0.39, 0.29) is 5.91 Å². The number of rotatable bonds is 2. The van der Waals surface area contributed by atoms with E-state index in [9.17, 15) is 4.79 Å². The van der Waals surface area contributed by atoms with Gasteiger partial charge in [-0.25, -0.2) is 0 Å². The Hall–Kier alpha value is -0.140. The van der Waals surface area contributed by atoms with Gasteiger partial charge in [-0.3, -0.25) is 9.46 Å². The fourth-order valence-electron chi connectivity index (χ4n) is 1.34. The van der Waals surface area contributed by atoms with E-state index in [4.69, 9.17) is 0 Å². The quantitative estimate of drug-likeness (QED) is 0.614. The predicted octanol–water partition coefficient (Wildman–Crippen LogP) is 0.377. The fourth-order valence-corrected chi connectivity index (χ4v) is 1.78. The molecule has 2 unspecified atom stereocenters. The summed E-state index contributed by atoms with van der Waals surface area (Å²) in [5.74, 6) is 0.0651. The third-order valence-corrected chi connectivity index (χ3v) is 2.69. The van der Waals surface area contributed by atoms with E-state index in [2.05, 4.69) is 19.4 Å². The third-order valence-electron chi connectivity index (χ3n) is 2.01. The monoisotopic (exact) mass is 174 g/mol. The molecule has 0 bridgehead atoms. The molecule has 0 aromatic heterocycles. The first-order valence-corrected chi connectivity index (χ1v) is 4.47. The van der Waals surface area contributed by atoms with Gasteiger partial charge in [0.15, 0.2) is 0 Å². The highest BCUT2D eigenvalue weighted by molar-refractivity contribution is 7.13. The number of hydrogen-bond acceptors (Lipinski definition) is 2. The molecule has 3 nitrogen and oxygen atoms in total. The third kappa shape index (κ3) is 2.76. The van der Waals surface area contributed by atoms with Crippen molar-refractivity contribution >= 4 is 15.3 Å². The zero-order chi connectivity index (χ0) is 8.27. The molecule has 2 atom stereocenters. The van der Waals surface area contributed by atoms with Crippen molar-refractivity contribution < 1.29 is 4.79 Å². The Morgan fingerprint density at radius 2 is 2.55 bits per heavy atom. The number of hydrogen-bond donors (Lipinski definition) is 1. The summed E-state index contributed by atoms with van der Waals surface area (Å²) < 4.78 is 2.22. The Morgan fingerprint density at radius 1 is 1.82 bits per heavy atom. The summed E-state index contributed by atoms with van der Waals surface area (Å²) in [6, 6.07) is 0.531. The van der Waals surface area contributed by atoms with Crippen molar-refractivity contribution in [2.75, 3.05) is 13.1 Å². The first kappa shape index (κ1) is 8.95. The van der Waals surface area contributed by atoms with Crippen LogP contribution in [-0.2, 0) is 4.79 Å². The van der Waals surface area contributed by atoms with E-state index >= 15 is 0 Å². The van der Waals surface area contributed by atoms with Crippen LogP contribution in [0.3, 0.4) is 0 Å². The van der Waals surface area contributed by atoms with Gasteiger partial charge in [0, 0.05) is 26.1 Å². The number of amides is 1. The van der Waals surface area contributed by atoms with Crippen molar-refractivity contribution in [3.05, 3.63) is 0 Å². The molecule has 0 aliphatic carbocycles. The molecule has 1 amide bonds. The molecule has 1 saturated heterocycles. The summed E-state index contributed by atoms with van der Waals surface area (Å²) in [6.07, 6.45) is 2.44. The van der Waals surface area contributed by atoms with Crippen LogP contribution in [-0.4, -0.2) is 29.7 Å². The molecule has 1 aliphatic heterocycles. The van der Waals surface area contributed by atoms with Gasteiger partial charge in [0.2, 0.25) is 5.91 Å². The van der Waals surface area contributed by atoms with Gasteiger partial charge in [-0.2, -0.15) is 0 Å². The minimum absolute atomic E-state index is 0.0651. The largest absolute Gasteiger partial charge is 0.355 e. The van der Waals surface area contributed by atoms with Crippen LogP contribution < -0.4 is 5.32 Å². The van der Waals surface area contributed by atoms with Crippen LogP contribution >= 0.6 is 9.39 Å². The van der Waals surface area contributed by atoms with Crippen LogP contribution in [0.4, 0.5) is 0 Å². The average Bonchev–Trinajstić information content (AvgIpc) is 2.31. The summed E-state index contributed by atoms with van der Waals surface area (Å²) in [4.78, 5) is 10.6. The SMILES string of the molecule is CC(=O)NCC1CCCN1P. The number of nitrogens with one attached hydrogen (secondary N) is 1. The zero-order valence-corrected chi connectivity index (χ0v) is 7.99. The molecule has 4 heteroatoms. The second kappa shape index (κ2) is 4.03. The van der Waals surface area contributed by atoms with E-state index in [1.165, 1.54) is 12.8 Å². The number of carbonyl (C=O) groups excluding carboxylic acids is 1. The van der Waals surface area contributed by atoms with Gasteiger partial charge in [-0.1, -0.05) is 9.39 Å². The maximum atomic E-state index is 10.6. The predicted molar refractivity (Wildman–Crippen MR) is 48.1 cm³/mol. The van der Waals surface area contributed by atoms with E-state index in [0.29, 0.717) is 6.04 Å². The van der Waals surface area contributed by atoms with E-state index < -0.39 is 0 Å². The second-order valence-electron chi connectivity index (χ2n) is 2.97. The molecular formula is C7H15N2OP. The Morgan fingerprint density at radius 3 is 3.00 bits per heavy atom. The van der Waals surface area contributed by atoms with Crippen LogP contribution in [0, 0.1) is 0 Å². The lowest BCUT2D eigenvalue weighted by Gasteiger charge is -2.18. The molecule has 0 spiro atoms. The standard InChI is InChI=1S/C7H15N2OP/c1-6(10)8-5-7-3-2-4-9(7)11/h7H,2-5,11H2,1H3,(H,8,10). The highest BCUT2D eigenvalue weighted by atomic mass is 31.0. The summed E-state index contributed by atoms with van der Waals surface area (Å²) in [6.45, 7) is 3.48. The Balaban J connectivity index is 2.20. The Bertz CT molecular complexity index is 151. The van der Waals surface area contributed by atoms with Gasteiger partial charge in [-0.15, -0.1) is 0 Å². The maximum Gasteiger partial charge on any atom is 0.216 e. The molecule has 1 heterocycles. The van der Waals surface area contributed by atoms with Crippen LogP contribution in [0.25, 0.3) is 0 Å². The Kier molecular flexibility index (Phi) is 3.28. The molecule has 0 aromatic rings. The van der Waals surface area contributed by atoms with Gasteiger partial charge >= 0.3 is 0 Å². The van der Waals surface area contributed by atoms with Gasteiger partial charge in [0.1, 0.15) is 0 Å². The molecule has 0 aromatic carbocycles. The summed E-state index contributed by atoms with van der Waals surface area (Å²) in [7, 11) is 2.70. The van der Waals surface area contributed by atoms with Crippen molar-refractivity contribution in [1.82, 2.24) is 9.99 Å². The molecule has 1 N–H and O–H groups in total. The van der Waals surface area contributed by atoms with Gasteiger partial charge in [0.05, 0.1) is 0 Å². The molecular weight excluding hydrogens is 159 g/mol. The normalized spacial score (nSPS) is 25.5. The summed E-state index contributed by atoms with van der Waals surface area (Å²) >= 11 is 0. The fraction of sp³-hybridized carbons (Fsp3) is 0.857. The summed E-state index contributed by atoms with van der Waals surface area (Å²) in [5.41, 5.74) is 0. The van der Waals surface area contributed by atoms with E-state index in [1.807, 2.05) is 0 Å². The minimum atomic E-state index is 0.0651. The highest BCUT2D eigenvalue weighted by Gasteiger charge is 2.20. The topological polar surface area (TPSA) is 32.3 Å². The highest BCUT2D eigenvalue weighted by Crippen LogP contribution is 2.19. The molecule has 1 fully saturated rings. The van der Waals surface area contributed by atoms with Crippen LogP contribution in [0.5, 0.6) is 0 Å². The first-order valence-electron chi connectivity index (χ1n) is 3.96. The first-order chi connectivity index (χ1) is 5.20. The maximum absolute atomic E-state index is 10.6. The van der Waals surface area contributed by atoms with E-state index in [0.717, 1.165) is 13.1 Å². The summed E-state index contributed by atoms with van der Waals surface area (Å²) in [5, 5.41) is 2.82. The lowest BCUT2D eigenvalue weighted by atomic mass is 10.2. The lowest BCUT2D eigenvalue weighted by molar-refractivity contribution is -0.119. The van der Waals surface area contributed by atoms with Crippen molar-refractivity contribution in [3.63, 3.8) is 0 Å².